The molecule has 0 saturated heterocycles. The van der Waals surface area contributed by atoms with Crippen molar-refractivity contribution in [1.82, 2.24) is 0 Å². The SMILES string of the molecule is CC(c1ccc(O)cc1)(c1ccc(C(C)(c2ccc(O)cc2)c2cc(Nc3ccc(O)cc3)c(O)c(Nc3ccc(O)cc3)c2)cc1)c1cc(Cc2ccc(O)cc2)c(O)c(Cc2ccc(O)cc2)c1. The van der Waals surface area contributed by atoms with Crippen molar-refractivity contribution >= 4 is 22.7 Å². The van der Waals surface area contributed by atoms with Crippen LogP contribution in [0.5, 0.6) is 46.0 Å². The Bertz CT molecular complexity index is 2910. The van der Waals surface area contributed by atoms with Gasteiger partial charge in [0.15, 0.2) is 5.75 Å². The molecule has 10 nitrogen and oxygen atoms in total. The van der Waals surface area contributed by atoms with Crippen molar-refractivity contribution in [2.45, 2.75) is 37.5 Å². The summed E-state index contributed by atoms with van der Waals surface area (Å²) in [5.74, 6) is 0.765. The highest BCUT2D eigenvalue weighted by Gasteiger charge is 2.36. The van der Waals surface area contributed by atoms with Gasteiger partial charge in [0.1, 0.15) is 40.2 Å². The van der Waals surface area contributed by atoms with Crippen molar-refractivity contribution in [3.05, 3.63) is 250 Å². The van der Waals surface area contributed by atoms with Gasteiger partial charge in [-0.15, -0.1) is 0 Å². The lowest BCUT2D eigenvalue weighted by atomic mass is 9.67. The van der Waals surface area contributed by atoms with Gasteiger partial charge in [0, 0.05) is 35.0 Å². The summed E-state index contributed by atoms with van der Waals surface area (Å²) in [6.07, 6.45) is 0.746. The predicted octanol–water partition coefficient (Wildman–Crippen LogP) is 12.7. The molecule has 0 amide bonds. The summed E-state index contributed by atoms with van der Waals surface area (Å²) in [6, 6.07) is 57.1. The van der Waals surface area contributed by atoms with Crippen molar-refractivity contribution in [2.75, 3.05) is 10.6 Å². The van der Waals surface area contributed by atoms with E-state index in [1.54, 1.807) is 97.1 Å². The van der Waals surface area contributed by atoms with Crippen LogP contribution in [0.15, 0.2) is 194 Å². The second kappa shape index (κ2) is 18.9. The minimum Gasteiger partial charge on any atom is -0.508 e. The summed E-state index contributed by atoms with van der Waals surface area (Å²) in [4.78, 5) is 0. The summed E-state index contributed by atoms with van der Waals surface area (Å²) in [5.41, 5.74) is 8.48. The first kappa shape index (κ1) is 46.1. The van der Waals surface area contributed by atoms with Gasteiger partial charge in [-0.1, -0.05) is 84.9 Å². The Hall–Kier alpha value is -9.02. The monoisotopic (exact) mass is 928 g/mol. The molecule has 0 aliphatic carbocycles. The lowest BCUT2D eigenvalue weighted by Crippen LogP contribution is -2.28. The molecule has 0 spiro atoms. The largest absolute Gasteiger partial charge is 0.508 e. The molecular weight excluding hydrogens is 877 g/mol. The summed E-state index contributed by atoms with van der Waals surface area (Å²) in [6.45, 7) is 4.21. The van der Waals surface area contributed by atoms with E-state index in [-0.39, 0.29) is 46.0 Å². The fourth-order valence-electron chi connectivity index (χ4n) is 9.23. The number of aromatic hydroxyl groups is 8. The van der Waals surface area contributed by atoms with Crippen LogP contribution < -0.4 is 10.6 Å². The minimum absolute atomic E-state index is 0.0681. The Morgan fingerprint density at radius 1 is 0.300 bits per heavy atom. The Kier molecular flexibility index (Phi) is 12.5. The van der Waals surface area contributed by atoms with E-state index in [4.69, 9.17) is 0 Å². The van der Waals surface area contributed by atoms with Crippen LogP contribution in [-0.4, -0.2) is 40.9 Å². The van der Waals surface area contributed by atoms with E-state index >= 15 is 0 Å². The topological polar surface area (TPSA) is 186 Å². The Labute approximate surface area is 406 Å². The number of rotatable bonds is 14. The number of nitrogens with one attached hydrogen (secondary N) is 2. The Morgan fingerprint density at radius 2 is 0.557 bits per heavy atom. The van der Waals surface area contributed by atoms with Crippen LogP contribution in [0, 0.1) is 0 Å². The summed E-state index contributed by atoms with van der Waals surface area (Å²) >= 11 is 0. The number of benzene rings is 9. The highest BCUT2D eigenvalue weighted by molar-refractivity contribution is 5.80. The van der Waals surface area contributed by atoms with Crippen molar-refractivity contribution in [3.8, 4) is 46.0 Å². The van der Waals surface area contributed by atoms with E-state index in [0.29, 0.717) is 46.7 Å². The van der Waals surface area contributed by atoms with Gasteiger partial charge in [0.05, 0.1) is 11.4 Å². The van der Waals surface area contributed by atoms with Gasteiger partial charge in [-0.3, -0.25) is 0 Å². The molecule has 2 unspecified atom stereocenters. The summed E-state index contributed by atoms with van der Waals surface area (Å²) in [7, 11) is 0. The second-order valence-corrected chi connectivity index (χ2v) is 18.0. The van der Waals surface area contributed by atoms with E-state index in [1.165, 1.54) is 0 Å². The van der Waals surface area contributed by atoms with E-state index in [0.717, 1.165) is 44.5 Å². The molecule has 9 aromatic carbocycles. The van der Waals surface area contributed by atoms with Crippen molar-refractivity contribution in [3.63, 3.8) is 0 Å². The van der Waals surface area contributed by atoms with E-state index in [9.17, 15) is 40.9 Å². The summed E-state index contributed by atoms with van der Waals surface area (Å²) in [5, 5.41) is 91.8. The summed E-state index contributed by atoms with van der Waals surface area (Å²) < 4.78 is 0. The van der Waals surface area contributed by atoms with Crippen molar-refractivity contribution in [1.29, 1.82) is 0 Å². The highest BCUT2D eigenvalue weighted by Crippen LogP contribution is 2.48. The lowest BCUT2D eigenvalue weighted by molar-refractivity contribution is 0.462. The zero-order chi connectivity index (χ0) is 49.2. The Morgan fingerprint density at radius 3 is 0.871 bits per heavy atom. The molecule has 0 aliphatic heterocycles. The molecule has 10 heteroatoms. The predicted molar refractivity (Wildman–Crippen MR) is 275 cm³/mol. The van der Waals surface area contributed by atoms with E-state index in [2.05, 4.69) is 48.7 Å². The van der Waals surface area contributed by atoms with E-state index in [1.807, 2.05) is 72.8 Å². The third-order valence-corrected chi connectivity index (χ3v) is 13.4. The molecule has 0 aromatic heterocycles. The fraction of sp³-hybridized carbons (Fsp3) is 0.100. The first-order chi connectivity index (χ1) is 33.6. The third-order valence-electron chi connectivity index (χ3n) is 13.4. The van der Waals surface area contributed by atoms with Crippen LogP contribution in [0.2, 0.25) is 0 Å². The van der Waals surface area contributed by atoms with Crippen LogP contribution in [0.4, 0.5) is 22.7 Å². The lowest BCUT2D eigenvalue weighted by Gasteiger charge is -2.36. The zero-order valence-electron chi connectivity index (χ0n) is 38.5. The highest BCUT2D eigenvalue weighted by atomic mass is 16.3. The molecule has 0 heterocycles. The number of anilines is 4. The molecule has 0 aliphatic rings. The van der Waals surface area contributed by atoms with Gasteiger partial charge >= 0.3 is 0 Å². The van der Waals surface area contributed by atoms with Crippen molar-refractivity contribution in [2.24, 2.45) is 0 Å². The van der Waals surface area contributed by atoms with Crippen LogP contribution in [-0.2, 0) is 23.7 Å². The van der Waals surface area contributed by atoms with Gasteiger partial charge in [-0.05, 0) is 179 Å². The first-order valence-corrected chi connectivity index (χ1v) is 22.8. The normalized spacial score (nSPS) is 12.9. The minimum atomic E-state index is -0.932. The van der Waals surface area contributed by atoms with Crippen LogP contribution in [0.25, 0.3) is 0 Å². The molecule has 0 saturated carbocycles. The number of hydrogen-bond acceptors (Lipinski definition) is 10. The molecular formula is C60H52N2O8. The standard InChI is InChI=1S/C60H52N2O8/c1-59(43-11-23-51(65)24-12-43,45-33-39(31-37-3-19-49(63)20-4-37)57(69)40(34-45)32-38-5-21-50(64)22-6-38)41-7-9-42(10-8-41)60(2,44-13-25-52(66)26-14-44)46-35-55(61-47-15-27-53(67)28-16-47)58(70)56(36-46)62-48-17-29-54(68)30-18-48/h3-30,33-36,61-70H,31-32H2,1-2H3. The molecule has 0 radical (unpaired) electrons. The molecule has 0 bridgehead atoms. The maximum atomic E-state index is 12.0. The average molecular weight is 929 g/mol. The molecule has 2 atom stereocenters. The fourth-order valence-corrected chi connectivity index (χ4v) is 9.23. The second-order valence-electron chi connectivity index (χ2n) is 18.0. The van der Waals surface area contributed by atoms with Gasteiger partial charge in [0.25, 0.3) is 0 Å². The van der Waals surface area contributed by atoms with Crippen LogP contribution in [0.1, 0.15) is 69.5 Å². The van der Waals surface area contributed by atoms with Gasteiger partial charge in [0.2, 0.25) is 0 Å². The number of phenols is 8. The first-order valence-electron chi connectivity index (χ1n) is 22.8. The molecule has 0 fully saturated rings. The quantitative estimate of drug-likeness (QED) is 0.0286. The van der Waals surface area contributed by atoms with Gasteiger partial charge in [-0.25, -0.2) is 0 Å². The average Bonchev–Trinajstić information content (AvgIpc) is 3.36. The number of hydrogen-bond donors (Lipinski definition) is 10. The molecule has 10 N–H and O–H groups in total. The van der Waals surface area contributed by atoms with Crippen molar-refractivity contribution < 1.29 is 40.9 Å². The van der Waals surface area contributed by atoms with Gasteiger partial charge in [-0.2, -0.15) is 0 Å². The van der Waals surface area contributed by atoms with E-state index < -0.39 is 10.8 Å². The molecule has 70 heavy (non-hydrogen) atoms. The molecule has 9 aromatic rings. The Balaban J connectivity index is 1.21. The maximum absolute atomic E-state index is 12.0. The van der Waals surface area contributed by atoms with Gasteiger partial charge < -0.3 is 51.5 Å². The third kappa shape index (κ3) is 9.43. The van der Waals surface area contributed by atoms with Crippen LogP contribution >= 0.6 is 0 Å². The molecule has 9 rings (SSSR count). The maximum Gasteiger partial charge on any atom is 0.162 e. The zero-order valence-corrected chi connectivity index (χ0v) is 38.5. The molecule has 350 valence electrons. The van der Waals surface area contributed by atoms with Crippen LogP contribution in [0.3, 0.4) is 0 Å². The smallest absolute Gasteiger partial charge is 0.162 e. The number of phenolic OH excluding ortho intramolecular Hbond substituents is 8.